The normalized spacial score (nSPS) is 14.1. The largest absolute Gasteiger partial charge is 0.465 e. The van der Waals surface area contributed by atoms with E-state index in [0.717, 1.165) is 48.5 Å². The summed E-state index contributed by atoms with van der Waals surface area (Å²) in [6, 6.07) is 21.0. The highest BCUT2D eigenvalue weighted by Crippen LogP contribution is 2.38. The van der Waals surface area contributed by atoms with Gasteiger partial charge in [-0.05, 0) is 35.9 Å². The summed E-state index contributed by atoms with van der Waals surface area (Å²) >= 11 is 14.0. The van der Waals surface area contributed by atoms with Gasteiger partial charge in [0.15, 0.2) is 0 Å². The molecule has 3 aromatic carbocycles. The fourth-order valence-corrected chi connectivity index (χ4v) is 6.20. The van der Waals surface area contributed by atoms with Gasteiger partial charge in [0, 0.05) is 47.8 Å². The molecule has 1 fully saturated rings. The molecule has 0 bridgehead atoms. The number of rotatable bonds is 6. The maximum atomic E-state index is 13.4. The van der Waals surface area contributed by atoms with Crippen LogP contribution >= 0.6 is 34.5 Å². The summed E-state index contributed by atoms with van der Waals surface area (Å²) in [5.74, 6) is -0.808. The molecule has 4 aromatic rings. The highest BCUT2D eigenvalue weighted by Gasteiger charge is 2.23. The molecule has 1 aliphatic rings. The molecule has 1 aromatic heterocycles. The lowest BCUT2D eigenvalue weighted by Gasteiger charge is -2.37. The Morgan fingerprint density at radius 3 is 2.46 bits per heavy atom. The number of fused-ring (bicyclic) bond motifs is 1. The molecule has 0 aliphatic carbocycles. The van der Waals surface area contributed by atoms with Gasteiger partial charge in [-0.3, -0.25) is 9.69 Å². The Balaban J connectivity index is 1.38. The number of anilines is 2. The molecule has 1 saturated heterocycles. The smallest absolute Gasteiger partial charge is 0.337 e. The highest BCUT2D eigenvalue weighted by atomic mass is 35.5. The number of ether oxygens (including phenoxy) is 1. The fourth-order valence-electron chi connectivity index (χ4n) is 4.51. The van der Waals surface area contributed by atoms with Gasteiger partial charge in [-0.15, -0.1) is 11.3 Å². The van der Waals surface area contributed by atoms with Gasteiger partial charge in [-0.25, -0.2) is 4.79 Å². The third-order valence-electron chi connectivity index (χ3n) is 6.43. The van der Waals surface area contributed by atoms with E-state index in [-0.39, 0.29) is 5.91 Å². The van der Waals surface area contributed by atoms with Crippen molar-refractivity contribution >= 4 is 67.9 Å². The molecule has 0 unspecified atom stereocenters. The number of hydrogen-bond donors (Lipinski definition) is 1. The molecule has 6 nitrogen and oxygen atoms in total. The van der Waals surface area contributed by atoms with Crippen LogP contribution in [-0.4, -0.2) is 50.1 Å². The number of piperazine rings is 1. The lowest BCUT2D eigenvalue weighted by Crippen LogP contribution is -2.46. The van der Waals surface area contributed by atoms with Gasteiger partial charge in [0.2, 0.25) is 0 Å². The summed E-state index contributed by atoms with van der Waals surface area (Å²) in [5, 5.41) is 4.74. The molecule has 0 radical (unpaired) electrons. The summed E-state index contributed by atoms with van der Waals surface area (Å²) < 4.78 is 5.74. The Bertz CT molecular complexity index is 1450. The van der Waals surface area contributed by atoms with Crippen molar-refractivity contribution in [1.82, 2.24) is 4.90 Å². The van der Waals surface area contributed by atoms with Crippen molar-refractivity contribution in [2.24, 2.45) is 0 Å². The second-order valence-electron chi connectivity index (χ2n) is 8.81. The minimum absolute atomic E-state index is 0.340. The first-order valence-electron chi connectivity index (χ1n) is 11.9. The molecule has 0 spiro atoms. The molecule has 37 heavy (non-hydrogen) atoms. The minimum Gasteiger partial charge on any atom is -0.465 e. The Labute approximate surface area is 229 Å². The summed E-state index contributed by atoms with van der Waals surface area (Å²) in [7, 11) is 1.34. The van der Waals surface area contributed by atoms with Crippen molar-refractivity contribution in [3.63, 3.8) is 0 Å². The van der Waals surface area contributed by atoms with Gasteiger partial charge >= 0.3 is 5.97 Å². The van der Waals surface area contributed by atoms with Crippen LogP contribution in [0.3, 0.4) is 0 Å². The van der Waals surface area contributed by atoms with Crippen LogP contribution in [0, 0.1) is 0 Å². The van der Waals surface area contributed by atoms with Gasteiger partial charge in [-0.1, -0.05) is 59.6 Å². The second kappa shape index (κ2) is 11.1. The maximum Gasteiger partial charge on any atom is 0.337 e. The van der Waals surface area contributed by atoms with Gasteiger partial charge < -0.3 is 15.0 Å². The number of nitrogens with one attached hydrogen (secondary N) is 1. The van der Waals surface area contributed by atoms with Crippen molar-refractivity contribution in [3.8, 4) is 0 Å². The third kappa shape index (κ3) is 5.60. The van der Waals surface area contributed by atoms with Crippen molar-refractivity contribution in [3.05, 3.63) is 92.8 Å². The average Bonchev–Trinajstić information content (AvgIpc) is 3.24. The van der Waals surface area contributed by atoms with Crippen LogP contribution in [0.4, 0.5) is 11.4 Å². The van der Waals surface area contributed by atoms with Crippen LogP contribution in [0.2, 0.25) is 10.0 Å². The molecule has 5 rings (SSSR count). The second-order valence-corrected chi connectivity index (χ2v) is 10.7. The lowest BCUT2D eigenvalue weighted by atomic mass is 10.1. The van der Waals surface area contributed by atoms with E-state index in [1.165, 1.54) is 24.0 Å². The Morgan fingerprint density at radius 2 is 1.73 bits per heavy atom. The predicted octanol–water partition coefficient (Wildman–Crippen LogP) is 6.57. The molecule has 0 atom stereocenters. The Morgan fingerprint density at radius 1 is 0.973 bits per heavy atom. The number of carbonyl (C=O) groups is 2. The van der Waals surface area contributed by atoms with Gasteiger partial charge in [0.1, 0.15) is 4.88 Å². The first kappa shape index (κ1) is 25.5. The molecule has 9 heteroatoms. The molecule has 190 valence electrons. The monoisotopic (exact) mass is 553 g/mol. The van der Waals surface area contributed by atoms with E-state index in [4.69, 9.17) is 27.9 Å². The minimum atomic E-state index is -0.468. The summed E-state index contributed by atoms with van der Waals surface area (Å²) in [6.45, 7) is 4.23. The number of methoxy groups -OCH3 is 1. The van der Waals surface area contributed by atoms with Crippen molar-refractivity contribution in [2.45, 2.75) is 6.54 Å². The zero-order valence-electron chi connectivity index (χ0n) is 20.2. The van der Waals surface area contributed by atoms with Crippen LogP contribution < -0.4 is 10.2 Å². The molecule has 1 N–H and O–H groups in total. The van der Waals surface area contributed by atoms with Crippen LogP contribution in [0.5, 0.6) is 0 Å². The Hall–Kier alpha value is -3.10. The molecule has 1 amide bonds. The van der Waals surface area contributed by atoms with Crippen molar-refractivity contribution in [2.75, 3.05) is 43.5 Å². The van der Waals surface area contributed by atoms with Gasteiger partial charge in [0.05, 0.1) is 29.1 Å². The number of thiophene rings is 1. The lowest BCUT2D eigenvalue weighted by molar-refractivity contribution is 0.0600. The van der Waals surface area contributed by atoms with E-state index >= 15 is 0 Å². The standard InChI is InChI=1S/C28H25Cl2N3O3S/c1-36-28(35)19-7-10-23(33-13-11-32(12-14-33)17-18-5-3-2-4-6-18)22(15-19)31-27(34)26-25(30)21-9-8-20(29)16-24(21)37-26/h2-10,15-16H,11-14,17H2,1H3,(H,31,34). The SMILES string of the molecule is COC(=O)c1ccc(N2CCN(Cc3ccccc3)CC2)c(NC(=O)c2sc3cc(Cl)ccc3c2Cl)c1. The Kier molecular flexibility index (Phi) is 7.67. The van der Waals surface area contributed by atoms with Crippen LogP contribution in [0.25, 0.3) is 10.1 Å². The molecular formula is C28H25Cl2N3O3S. The predicted molar refractivity (Wildman–Crippen MR) is 152 cm³/mol. The number of hydrogen-bond acceptors (Lipinski definition) is 6. The van der Waals surface area contributed by atoms with E-state index in [2.05, 4.69) is 39.4 Å². The number of carbonyl (C=O) groups excluding carboxylic acids is 2. The van der Waals surface area contributed by atoms with E-state index < -0.39 is 5.97 Å². The first-order chi connectivity index (χ1) is 17.9. The number of benzene rings is 3. The van der Waals surface area contributed by atoms with Crippen molar-refractivity contribution in [1.29, 1.82) is 0 Å². The zero-order valence-corrected chi connectivity index (χ0v) is 22.5. The van der Waals surface area contributed by atoms with Gasteiger partial charge in [-0.2, -0.15) is 0 Å². The number of nitrogens with zero attached hydrogens (tertiary/aromatic N) is 2. The average molecular weight is 554 g/mol. The maximum absolute atomic E-state index is 13.4. The summed E-state index contributed by atoms with van der Waals surface area (Å²) in [6.07, 6.45) is 0. The van der Waals surface area contributed by atoms with Crippen LogP contribution in [0.15, 0.2) is 66.7 Å². The summed E-state index contributed by atoms with van der Waals surface area (Å²) in [5.41, 5.74) is 3.03. The zero-order chi connectivity index (χ0) is 25.9. The quantitative estimate of drug-likeness (QED) is 0.273. The molecular weight excluding hydrogens is 529 g/mol. The summed E-state index contributed by atoms with van der Waals surface area (Å²) in [4.78, 5) is 30.6. The first-order valence-corrected chi connectivity index (χ1v) is 13.4. The molecule has 0 saturated carbocycles. The third-order valence-corrected chi connectivity index (χ3v) is 8.32. The highest BCUT2D eigenvalue weighted by molar-refractivity contribution is 7.21. The number of halogens is 2. The van der Waals surface area contributed by atoms with Gasteiger partial charge in [0.25, 0.3) is 5.91 Å². The number of esters is 1. The molecule has 1 aliphatic heterocycles. The van der Waals surface area contributed by atoms with E-state index in [0.29, 0.717) is 26.2 Å². The number of amides is 1. The van der Waals surface area contributed by atoms with E-state index in [1.54, 1.807) is 24.3 Å². The fraction of sp³-hybridized carbons (Fsp3) is 0.214. The topological polar surface area (TPSA) is 61.9 Å². The van der Waals surface area contributed by atoms with Crippen molar-refractivity contribution < 1.29 is 14.3 Å². The van der Waals surface area contributed by atoms with E-state index in [1.807, 2.05) is 18.2 Å². The molecule has 2 heterocycles. The van der Waals surface area contributed by atoms with Crippen LogP contribution in [-0.2, 0) is 11.3 Å². The van der Waals surface area contributed by atoms with Crippen LogP contribution in [0.1, 0.15) is 25.6 Å². The van der Waals surface area contributed by atoms with E-state index in [9.17, 15) is 9.59 Å².